The van der Waals surface area contributed by atoms with Gasteiger partial charge in [-0.1, -0.05) is 31.9 Å². The van der Waals surface area contributed by atoms with Crippen LogP contribution in [0.15, 0.2) is 18.2 Å². The number of carboxylic acid groups (broad SMARTS) is 1. The third-order valence-corrected chi connectivity index (χ3v) is 8.19. The molecule has 220 valence electrons. The highest BCUT2D eigenvalue weighted by Crippen LogP contribution is 2.34. The van der Waals surface area contributed by atoms with Crippen molar-refractivity contribution in [3.8, 4) is 17.0 Å². The van der Waals surface area contributed by atoms with Crippen molar-refractivity contribution < 1.29 is 23.8 Å². The Kier molecular flexibility index (Phi) is 10.8. The molecule has 2 aliphatic rings. The van der Waals surface area contributed by atoms with E-state index in [4.69, 9.17) is 31.0 Å². The zero-order chi connectivity index (χ0) is 28.6. The number of halogens is 2. The van der Waals surface area contributed by atoms with E-state index in [-0.39, 0.29) is 19.2 Å². The molecular formula is C29H41ClFN5O4. The maximum atomic E-state index is 13.1. The molecule has 0 radical (unpaired) electrons. The topological polar surface area (TPSA) is 100 Å². The minimum Gasteiger partial charge on any atom is -0.497 e. The zero-order valence-electron chi connectivity index (χ0n) is 23.7. The Balaban J connectivity index is 1.67. The van der Waals surface area contributed by atoms with Gasteiger partial charge < -0.3 is 29.7 Å². The first-order chi connectivity index (χ1) is 19.4. The number of carbonyl (C=O) groups is 1. The Morgan fingerprint density at radius 3 is 2.55 bits per heavy atom. The van der Waals surface area contributed by atoms with Gasteiger partial charge in [0, 0.05) is 12.1 Å². The van der Waals surface area contributed by atoms with Gasteiger partial charge in [-0.3, -0.25) is 0 Å². The SMILES string of the molecule is CCc1nc(-c2ccc(OC)cc2Cl)c(CC)nc1N[C@@H]1C(CCN2CCCCC2)N(C(=O)O)C[C@@H]1OCCF. The molecular weight excluding hydrogens is 537 g/mol. The van der Waals surface area contributed by atoms with E-state index in [2.05, 4.69) is 10.2 Å². The van der Waals surface area contributed by atoms with Crippen molar-refractivity contribution in [1.29, 1.82) is 0 Å². The van der Waals surface area contributed by atoms with Crippen LogP contribution < -0.4 is 10.1 Å². The van der Waals surface area contributed by atoms with Gasteiger partial charge >= 0.3 is 6.09 Å². The number of hydrogen-bond donors (Lipinski definition) is 2. The molecule has 1 unspecified atom stereocenters. The molecule has 0 aliphatic carbocycles. The molecule has 3 atom stereocenters. The highest BCUT2D eigenvalue weighted by molar-refractivity contribution is 6.33. The molecule has 1 amide bonds. The standard InChI is InChI=1S/C29H41ClFN5O4/c1-4-22-26(20-10-9-19(39-3)17-21(20)30)32-23(5-2)28(33-22)34-27-24(11-15-35-13-7-6-8-14-35)36(29(37)38)18-25(27)40-16-12-31/h9-10,17,24-25,27H,4-8,11-16,18H2,1-3H3,(H,33,34)(H,37,38)/t24?,25-,27+/m0/s1. The van der Waals surface area contributed by atoms with E-state index in [1.807, 2.05) is 26.0 Å². The molecule has 11 heteroatoms. The minimum absolute atomic E-state index is 0.0867. The van der Waals surface area contributed by atoms with E-state index in [1.165, 1.54) is 11.3 Å². The van der Waals surface area contributed by atoms with Gasteiger partial charge in [-0.05, 0) is 63.4 Å². The van der Waals surface area contributed by atoms with Crippen molar-refractivity contribution in [3.63, 3.8) is 0 Å². The van der Waals surface area contributed by atoms with Gasteiger partial charge in [-0.15, -0.1) is 0 Å². The Bertz CT molecular complexity index is 1150. The van der Waals surface area contributed by atoms with E-state index >= 15 is 0 Å². The Hall–Kier alpha value is -2.69. The van der Waals surface area contributed by atoms with Crippen LogP contribution in [0.25, 0.3) is 11.3 Å². The van der Waals surface area contributed by atoms with Crippen LogP contribution in [-0.2, 0) is 17.6 Å². The number of aryl methyl sites for hydroxylation is 2. The summed E-state index contributed by atoms with van der Waals surface area (Å²) in [4.78, 5) is 26.1. The van der Waals surface area contributed by atoms with Gasteiger partial charge in [0.25, 0.3) is 0 Å². The van der Waals surface area contributed by atoms with Gasteiger partial charge in [0.15, 0.2) is 0 Å². The second kappa shape index (κ2) is 14.3. The lowest BCUT2D eigenvalue weighted by Crippen LogP contribution is -2.46. The number of nitrogens with one attached hydrogen (secondary N) is 1. The molecule has 2 saturated heterocycles. The summed E-state index contributed by atoms with van der Waals surface area (Å²) in [7, 11) is 1.59. The average Bonchev–Trinajstić information content (AvgIpc) is 3.32. The second-order valence-corrected chi connectivity index (χ2v) is 10.7. The van der Waals surface area contributed by atoms with Gasteiger partial charge in [-0.2, -0.15) is 0 Å². The number of hydrogen-bond acceptors (Lipinski definition) is 7. The largest absolute Gasteiger partial charge is 0.497 e. The van der Waals surface area contributed by atoms with Crippen LogP contribution in [0.1, 0.15) is 50.9 Å². The van der Waals surface area contributed by atoms with E-state index in [0.29, 0.717) is 41.5 Å². The summed E-state index contributed by atoms with van der Waals surface area (Å²) in [5.74, 6) is 1.26. The van der Waals surface area contributed by atoms with Crippen molar-refractivity contribution in [1.82, 2.24) is 19.8 Å². The first kappa shape index (κ1) is 30.3. The molecule has 0 saturated carbocycles. The fraction of sp³-hybridized carbons (Fsp3) is 0.621. The summed E-state index contributed by atoms with van der Waals surface area (Å²) in [6.45, 7) is 6.32. The highest BCUT2D eigenvalue weighted by atomic mass is 35.5. The van der Waals surface area contributed by atoms with Gasteiger partial charge in [0.1, 0.15) is 18.2 Å². The van der Waals surface area contributed by atoms with Gasteiger partial charge in [0.2, 0.25) is 0 Å². The Labute approximate surface area is 241 Å². The lowest BCUT2D eigenvalue weighted by atomic mass is 10.0. The van der Waals surface area contributed by atoms with Crippen molar-refractivity contribution in [2.24, 2.45) is 0 Å². The van der Waals surface area contributed by atoms with Crippen molar-refractivity contribution in [3.05, 3.63) is 34.6 Å². The van der Waals surface area contributed by atoms with Crippen LogP contribution in [0, 0.1) is 0 Å². The van der Waals surface area contributed by atoms with Crippen LogP contribution in [0.3, 0.4) is 0 Å². The number of rotatable bonds is 12. The molecule has 1 aromatic carbocycles. The van der Waals surface area contributed by atoms with Crippen molar-refractivity contribution in [2.75, 3.05) is 51.9 Å². The summed E-state index contributed by atoms with van der Waals surface area (Å²) in [6, 6.07) is 4.74. The monoisotopic (exact) mass is 577 g/mol. The van der Waals surface area contributed by atoms with Crippen LogP contribution in [0.2, 0.25) is 5.02 Å². The lowest BCUT2D eigenvalue weighted by molar-refractivity contribution is 0.0449. The summed E-state index contributed by atoms with van der Waals surface area (Å²) in [6.07, 6.45) is 3.93. The zero-order valence-corrected chi connectivity index (χ0v) is 24.4. The molecule has 3 heterocycles. The number of amides is 1. The number of nitrogens with zero attached hydrogens (tertiary/aromatic N) is 4. The summed E-state index contributed by atoms with van der Waals surface area (Å²) >= 11 is 6.60. The molecule has 2 aromatic rings. The van der Waals surface area contributed by atoms with Crippen molar-refractivity contribution in [2.45, 2.75) is 70.6 Å². The Morgan fingerprint density at radius 2 is 1.93 bits per heavy atom. The smallest absolute Gasteiger partial charge is 0.407 e. The second-order valence-electron chi connectivity index (χ2n) is 10.3. The number of benzene rings is 1. The van der Waals surface area contributed by atoms with E-state index in [1.54, 1.807) is 13.2 Å². The quantitative estimate of drug-likeness (QED) is 0.350. The number of ether oxygens (including phenoxy) is 2. The predicted octanol–water partition coefficient (Wildman–Crippen LogP) is 5.30. The molecule has 1 aromatic heterocycles. The molecule has 2 fully saturated rings. The maximum Gasteiger partial charge on any atom is 0.407 e. The summed E-state index contributed by atoms with van der Waals surface area (Å²) in [5.41, 5.74) is 3.00. The third kappa shape index (κ3) is 6.95. The summed E-state index contributed by atoms with van der Waals surface area (Å²) in [5, 5.41) is 14.1. The molecule has 4 rings (SSSR count). The van der Waals surface area contributed by atoms with Crippen molar-refractivity contribution >= 4 is 23.5 Å². The average molecular weight is 578 g/mol. The predicted molar refractivity (Wildman–Crippen MR) is 154 cm³/mol. The molecule has 40 heavy (non-hydrogen) atoms. The van der Waals surface area contributed by atoms with Gasteiger partial charge in [-0.25, -0.2) is 19.2 Å². The molecule has 2 N–H and O–H groups in total. The van der Waals surface area contributed by atoms with E-state index in [0.717, 1.165) is 49.4 Å². The number of methoxy groups -OCH3 is 1. The molecule has 0 spiro atoms. The highest BCUT2D eigenvalue weighted by Gasteiger charge is 2.45. The van der Waals surface area contributed by atoms with Crippen LogP contribution in [0.5, 0.6) is 5.75 Å². The third-order valence-electron chi connectivity index (χ3n) is 7.88. The fourth-order valence-electron chi connectivity index (χ4n) is 5.78. The number of anilines is 1. The van der Waals surface area contributed by atoms with E-state index < -0.39 is 24.9 Å². The number of aromatic nitrogens is 2. The van der Waals surface area contributed by atoms with Crippen LogP contribution in [0.4, 0.5) is 15.0 Å². The number of likely N-dealkylation sites (tertiary alicyclic amines) is 2. The first-order valence-corrected chi connectivity index (χ1v) is 14.7. The van der Waals surface area contributed by atoms with Crippen LogP contribution in [-0.4, -0.2) is 95.7 Å². The molecule has 0 bridgehead atoms. The lowest BCUT2D eigenvalue weighted by Gasteiger charge is -2.32. The van der Waals surface area contributed by atoms with E-state index in [9.17, 15) is 14.3 Å². The normalized spacial score (nSPS) is 21.5. The van der Waals surface area contributed by atoms with Gasteiger partial charge in [0.05, 0.1) is 60.6 Å². The number of piperidine rings is 1. The fourth-order valence-corrected chi connectivity index (χ4v) is 6.04. The molecule has 2 aliphatic heterocycles. The summed E-state index contributed by atoms with van der Waals surface area (Å²) < 4.78 is 24.3. The number of alkyl halides is 1. The van der Waals surface area contributed by atoms with Crippen LogP contribution >= 0.6 is 11.6 Å². The molecule has 9 nitrogen and oxygen atoms in total. The minimum atomic E-state index is -0.998. The maximum absolute atomic E-state index is 13.1. The first-order valence-electron chi connectivity index (χ1n) is 14.3. The Morgan fingerprint density at radius 1 is 1.18 bits per heavy atom.